The van der Waals surface area contributed by atoms with Crippen LogP contribution in [0.4, 0.5) is 26.3 Å². The van der Waals surface area contributed by atoms with Crippen molar-refractivity contribution in [1.82, 2.24) is 14.7 Å². The zero-order valence-corrected chi connectivity index (χ0v) is 25.7. The molecule has 3 aromatic carbocycles. The molecule has 48 heavy (non-hydrogen) atoms. The monoisotopic (exact) mass is 689 g/mol. The molecule has 0 aliphatic carbocycles. The first-order valence-electron chi connectivity index (χ1n) is 14.8. The van der Waals surface area contributed by atoms with E-state index >= 15 is 0 Å². The van der Waals surface area contributed by atoms with E-state index in [2.05, 4.69) is 10.1 Å². The molecule has 3 heterocycles. The van der Waals surface area contributed by atoms with Crippen LogP contribution in [0.5, 0.6) is 0 Å². The first-order chi connectivity index (χ1) is 22.9. The highest BCUT2D eigenvalue weighted by molar-refractivity contribution is 6.33. The molecule has 14 heteroatoms. The van der Waals surface area contributed by atoms with Crippen LogP contribution < -0.4 is 0 Å². The van der Waals surface area contributed by atoms with E-state index in [1.807, 2.05) is 0 Å². The van der Waals surface area contributed by atoms with Gasteiger partial charge in [-0.15, -0.1) is 0 Å². The summed E-state index contributed by atoms with van der Waals surface area (Å²) >= 11 is 6.47. The average molecular weight is 690 g/mol. The standard InChI is InChI=1S/C34H26ClF6N3O4/c35-25-11-5-4-10-24(25)32-28(26(43-48-32)18-47-27-12-6-7-13-46-27)31(45)29-30(21-8-2-1-3-9-21)44(19-42-29)17-20-14-22(33(36,37)38)16-23(15-20)34(39,40)41/h1-5,8-11,14-16,19,27H,6-7,12-13,17-18H2. The molecule has 1 saturated heterocycles. The van der Waals surface area contributed by atoms with Gasteiger partial charge in [-0.05, 0) is 55.2 Å². The summed E-state index contributed by atoms with van der Waals surface area (Å²) in [5.74, 6) is -0.637. The first kappa shape index (κ1) is 33.4. The molecule has 0 amide bonds. The zero-order chi connectivity index (χ0) is 34.1. The number of ketones is 1. The molecular formula is C34H26ClF6N3O4. The van der Waals surface area contributed by atoms with E-state index in [-0.39, 0.29) is 51.7 Å². The van der Waals surface area contributed by atoms with Crippen LogP contribution in [-0.4, -0.2) is 33.4 Å². The Morgan fingerprint density at radius 1 is 0.938 bits per heavy atom. The van der Waals surface area contributed by atoms with Gasteiger partial charge in [0, 0.05) is 24.3 Å². The van der Waals surface area contributed by atoms with Crippen molar-refractivity contribution in [3.8, 4) is 22.6 Å². The van der Waals surface area contributed by atoms with E-state index in [0.717, 1.165) is 12.8 Å². The lowest BCUT2D eigenvalue weighted by Gasteiger charge is -2.22. The Balaban J connectivity index is 1.46. The van der Waals surface area contributed by atoms with Crippen molar-refractivity contribution in [2.45, 2.75) is 51.1 Å². The van der Waals surface area contributed by atoms with E-state index in [4.69, 9.17) is 25.6 Å². The largest absolute Gasteiger partial charge is 0.416 e. The summed E-state index contributed by atoms with van der Waals surface area (Å²) in [4.78, 5) is 18.8. The molecule has 0 bridgehead atoms. The quantitative estimate of drug-likeness (QED) is 0.113. The molecule has 250 valence electrons. The van der Waals surface area contributed by atoms with Crippen LogP contribution in [0.15, 0.2) is 83.6 Å². The van der Waals surface area contributed by atoms with Gasteiger partial charge in [-0.3, -0.25) is 4.79 Å². The third-order valence-corrected chi connectivity index (χ3v) is 8.08. The highest BCUT2D eigenvalue weighted by Gasteiger charge is 2.37. The van der Waals surface area contributed by atoms with Gasteiger partial charge in [0.25, 0.3) is 0 Å². The zero-order valence-electron chi connectivity index (χ0n) is 24.9. The van der Waals surface area contributed by atoms with Gasteiger partial charge in [0.1, 0.15) is 11.4 Å². The number of halogens is 7. The van der Waals surface area contributed by atoms with Gasteiger partial charge in [0.15, 0.2) is 12.1 Å². The van der Waals surface area contributed by atoms with Crippen molar-refractivity contribution in [2.24, 2.45) is 0 Å². The minimum absolute atomic E-state index is 0.0141. The number of benzene rings is 3. The Kier molecular flexibility index (Phi) is 9.46. The van der Waals surface area contributed by atoms with Crippen LogP contribution in [0, 0.1) is 0 Å². The molecule has 0 N–H and O–H groups in total. The maximum Gasteiger partial charge on any atom is 0.416 e. The molecular weight excluding hydrogens is 664 g/mol. The predicted octanol–water partition coefficient (Wildman–Crippen LogP) is 9.22. The van der Waals surface area contributed by atoms with E-state index in [9.17, 15) is 31.1 Å². The lowest BCUT2D eigenvalue weighted by atomic mass is 9.98. The number of hydrogen-bond acceptors (Lipinski definition) is 6. The summed E-state index contributed by atoms with van der Waals surface area (Å²) in [7, 11) is 0. The van der Waals surface area contributed by atoms with Crippen LogP contribution in [0.3, 0.4) is 0 Å². The molecule has 1 fully saturated rings. The van der Waals surface area contributed by atoms with Crippen LogP contribution >= 0.6 is 11.6 Å². The number of nitrogens with zero attached hydrogens (tertiary/aromatic N) is 3. The molecule has 1 aliphatic rings. The van der Waals surface area contributed by atoms with Crippen molar-refractivity contribution >= 4 is 17.4 Å². The van der Waals surface area contributed by atoms with E-state index in [1.54, 1.807) is 54.6 Å². The van der Waals surface area contributed by atoms with E-state index in [1.165, 1.54) is 10.9 Å². The van der Waals surface area contributed by atoms with Crippen LogP contribution in [-0.2, 0) is 35.0 Å². The first-order valence-corrected chi connectivity index (χ1v) is 15.2. The van der Waals surface area contributed by atoms with Crippen molar-refractivity contribution in [3.05, 3.63) is 118 Å². The maximum atomic E-state index is 14.5. The van der Waals surface area contributed by atoms with Gasteiger partial charge in [0.2, 0.25) is 5.78 Å². The summed E-state index contributed by atoms with van der Waals surface area (Å²) in [5, 5.41) is 4.39. The van der Waals surface area contributed by atoms with Gasteiger partial charge < -0.3 is 18.6 Å². The molecule has 0 radical (unpaired) electrons. The Morgan fingerprint density at radius 2 is 1.62 bits per heavy atom. The minimum atomic E-state index is -5.03. The molecule has 6 rings (SSSR count). The second-order valence-corrected chi connectivity index (χ2v) is 11.5. The highest BCUT2D eigenvalue weighted by atomic mass is 35.5. The van der Waals surface area contributed by atoms with Gasteiger partial charge >= 0.3 is 12.4 Å². The Morgan fingerprint density at radius 3 is 2.27 bits per heavy atom. The van der Waals surface area contributed by atoms with Gasteiger partial charge in [-0.25, -0.2) is 4.98 Å². The van der Waals surface area contributed by atoms with Crippen LogP contribution in [0.1, 0.15) is 57.7 Å². The van der Waals surface area contributed by atoms with Crippen molar-refractivity contribution in [3.63, 3.8) is 0 Å². The van der Waals surface area contributed by atoms with Crippen molar-refractivity contribution in [2.75, 3.05) is 6.61 Å². The summed E-state index contributed by atoms with van der Waals surface area (Å²) in [6, 6.07) is 16.3. The number of ether oxygens (including phenoxy) is 2. The number of hydrogen-bond donors (Lipinski definition) is 0. The smallest absolute Gasteiger partial charge is 0.355 e. The fraction of sp³-hybridized carbons (Fsp3) is 0.265. The predicted molar refractivity (Wildman–Crippen MR) is 162 cm³/mol. The summed E-state index contributed by atoms with van der Waals surface area (Å²) < 4.78 is 100. The minimum Gasteiger partial charge on any atom is -0.355 e. The molecule has 0 spiro atoms. The molecule has 1 aliphatic heterocycles. The summed E-state index contributed by atoms with van der Waals surface area (Å²) in [6.45, 7) is -0.104. The second-order valence-electron chi connectivity index (χ2n) is 11.1. The lowest BCUT2D eigenvalue weighted by molar-refractivity contribution is -0.169. The fourth-order valence-electron chi connectivity index (χ4n) is 5.49. The molecule has 1 unspecified atom stereocenters. The van der Waals surface area contributed by atoms with Crippen molar-refractivity contribution < 1.29 is 45.1 Å². The molecule has 5 aromatic rings. The fourth-order valence-corrected chi connectivity index (χ4v) is 5.71. The van der Waals surface area contributed by atoms with E-state index in [0.29, 0.717) is 36.3 Å². The van der Waals surface area contributed by atoms with Crippen LogP contribution in [0.2, 0.25) is 5.02 Å². The Labute approximate surface area is 275 Å². The molecule has 1 atom stereocenters. The summed E-state index contributed by atoms with van der Waals surface area (Å²) in [6.07, 6.45) is -6.95. The van der Waals surface area contributed by atoms with Gasteiger partial charge in [-0.2, -0.15) is 26.3 Å². The lowest BCUT2D eigenvalue weighted by Crippen LogP contribution is -2.22. The highest BCUT2D eigenvalue weighted by Crippen LogP contribution is 2.38. The number of rotatable bonds is 9. The molecule has 2 aromatic heterocycles. The van der Waals surface area contributed by atoms with E-state index < -0.39 is 42.1 Å². The number of carbonyl (C=O) groups is 1. The Hall–Kier alpha value is -4.46. The Bertz CT molecular complexity index is 1880. The molecule has 0 saturated carbocycles. The third-order valence-electron chi connectivity index (χ3n) is 7.75. The number of imidazole rings is 1. The second kappa shape index (κ2) is 13.6. The topological polar surface area (TPSA) is 79.4 Å². The average Bonchev–Trinajstić information content (AvgIpc) is 3.68. The van der Waals surface area contributed by atoms with Gasteiger partial charge in [-0.1, -0.05) is 59.2 Å². The number of aromatic nitrogens is 3. The van der Waals surface area contributed by atoms with Crippen molar-refractivity contribution in [1.29, 1.82) is 0 Å². The third kappa shape index (κ3) is 7.18. The normalized spacial score (nSPS) is 15.5. The SMILES string of the molecule is O=C(c1ncn(Cc2cc(C(F)(F)F)cc(C(F)(F)F)c2)c1-c1ccccc1)c1c(COC2CCCCO2)noc1-c1ccccc1Cl. The van der Waals surface area contributed by atoms with Crippen LogP contribution in [0.25, 0.3) is 22.6 Å². The number of alkyl halides is 6. The molecule has 7 nitrogen and oxygen atoms in total. The van der Waals surface area contributed by atoms with Gasteiger partial charge in [0.05, 0.1) is 40.3 Å². The maximum absolute atomic E-state index is 14.5. The number of carbonyl (C=O) groups excluding carboxylic acids is 1. The summed E-state index contributed by atoms with van der Waals surface area (Å²) in [5.41, 5.74) is -2.28.